The van der Waals surface area contributed by atoms with Crippen LogP contribution >= 0.6 is 15.9 Å². The highest BCUT2D eigenvalue weighted by Gasteiger charge is 2.46. The first-order valence-electron chi connectivity index (χ1n) is 9.59. The van der Waals surface area contributed by atoms with Crippen LogP contribution in [0.15, 0.2) is 77.3 Å². The predicted octanol–water partition coefficient (Wildman–Crippen LogP) is 5.19. The van der Waals surface area contributed by atoms with Crippen molar-refractivity contribution < 1.29 is 4.79 Å². The molecule has 0 spiro atoms. The predicted molar refractivity (Wildman–Crippen MR) is 117 cm³/mol. The van der Waals surface area contributed by atoms with Crippen LogP contribution in [0.3, 0.4) is 0 Å². The number of rotatable bonds is 6. The van der Waals surface area contributed by atoms with Gasteiger partial charge in [-0.3, -0.25) is 10.1 Å². The van der Waals surface area contributed by atoms with Crippen molar-refractivity contribution in [3.8, 4) is 0 Å². The van der Waals surface area contributed by atoms with E-state index in [9.17, 15) is 4.79 Å². The third kappa shape index (κ3) is 3.62. The zero-order valence-electron chi connectivity index (χ0n) is 15.8. The highest BCUT2D eigenvalue weighted by Crippen LogP contribution is 2.40. The SMILES string of the molecule is CCc1ccc(CC2(NCc3ccccc3)C(=O)Nc3ccc(Br)cc32)cc1. The third-order valence-electron chi connectivity index (χ3n) is 5.41. The van der Waals surface area contributed by atoms with E-state index in [0.717, 1.165) is 33.3 Å². The minimum atomic E-state index is -0.803. The summed E-state index contributed by atoms with van der Waals surface area (Å²) in [6, 6.07) is 24.7. The van der Waals surface area contributed by atoms with Crippen LogP contribution in [-0.2, 0) is 29.7 Å². The Hall–Kier alpha value is -2.43. The molecule has 1 aliphatic heterocycles. The Kier molecular flexibility index (Phi) is 5.33. The highest BCUT2D eigenvalue weighted by atomic mass is 79.9. The van der Waals surface area contributed by atoms with Crippen LogP contribution in [0.25, 0.3) is 0 Å². The molecule has 1 heterocycles. The van der Waals surface area contributed by atoms with E-state index in [4.69, 9.17) is 0 Å². The van der Waals surface area contributed by atoms with E-state index in [1.165, 1.54) is 5.56 Å². The van der Waals surface area contributed by atoms with Crippen molar-refractivity contribution in [1.29, 1.82) is 0 Å². The monoisotopic (exact) mass is 434 g/mol. The maximum atomic E-state index is 13.2. The number of aryl methyl sites for hydroxylation is 1. The Morgan fingerprint density at radius 2 is 1.64 bits per heavy atom. The first kappa shape index (κ1) is 18.9. The maximum absolute atomic E-state index is 13.2. The number of fused-ring (bicyclic) bond motifs is 1. The van der Waals surface area contributed by atoms with Crippen LogP contribution in [0.4, 0.5) is 5.69 Å². The molecule has 1 amide bonds. The molecule has 0 aliphatic carbocycles. The number of amides is 1. The van der Waals surface area contributed by atoms with Gasteiger partial charge >= 0.3 is 0 Å². The summed E-state index contributed by atoms with van der Waals surface area (Å²) in [5.41, 5.74) is 4.65. The summed E-state index contributed by atoms with van der Waals surface area (Å²) < 4.78 is 0.968. The largest absolute Gasteiger partial charge is 0.324 e. The summed E-state index contributed by atoms with van der Waals surface area (Å²) in [5.74, 6) is -0.00361. The number of hydrogen-bond acceptors (Lipinski definition) is 2. The lowest BCUT2D eigenvalue weighted by molar-refractivity contribution is -0.122. The molecule has 0 radical (unpaired) electrons. The molecule has 1 unspecified atom stereocenters. The molecule has 1 atom stereocenters. The lowest BCUT2D eigenvalue weighted by Gasteiger charge is -2.29. The molecule has 0 saturated carbocycles. The molecule has 0 aromatic heterocycles. The van der Waals surface area contributed by atoms with Gasteiger partial charge in [0.25, 0.3) is 0 Å². The topological polar surface area (TPSA) is 41.1 Å². The van der Waals surface area contributed by atoms with Gasteiger partial charge in [-0.1, -0.05) is 77.5 Å². The normalized spacial score (nSPS) is 18.0. The number of anilines is 1. The minimum absolute atomic E-state index is 0.00361. The first-order valence-corrected chi connectivity index (χ1v) is 10.4. The molecule has 3 aromatic carbocycles. The fourth-order valence-electron chi connectivity index (χ4n) is 3.79. The van der Waals surface area contributed by atoms with Crippen molar-refractivity contribution in [2.75, 3.05) is 5.32 Å². The molecule has 2 N–H and O–H groups in total. The zero-order chi connectivity index (χ0) is 19.6. The molecule has 4 rings (SSSR count). The van der Waals surface area contributed by atoms with Crippen molar-refractivity contribution in [1.82, 2.24) is 5.32 Å². The van der Waals surface area contributed by atoms with E-state index < -0.39 is 5.54 Å². The first-order chi connectivity index (χ1) is 13.6. The summed E-state index contributed by atoms with van der Waals surface area (Å²) in [4.78, 5) is 13.2. The van der Waals surface area contributed by atoms with Crippen LogP contribution in [0.2, 0.25) is 0 Å². The molecular formula is C24H23BrN2O. The highest BCUT2D eigenvalue weighted by molar-refractivity contribution is 9.10. The van der Waals surface area contributed by atoms with Gasteiger partial charge in [0.2, 0.25) is 5.91 Å². The molecule has 3 aromatic rings. The third-order valence-corrected chi connectivity index (χ3v) is 5.91. The van der Waals surface area contributed by atoms with E-state index in [0.29, 0.717) is 13.0 Å². The standard InChI is InChI=1S/C24H23BrN2O/c1-2-17-8-10-18(11-9-17)15-24(26-16-19-6-4-3-5-7-19)21-14-20(25)12-13-22(21)27-23(24)28/h3-14,26H,2,15-16H2,1H3,(H,27,28). The average Bonchev–Trinajstić information content (AvgIpc) is 2.99. The number of carbonyl (C=O) groups is 1. The number of hydrogen-bond donors (Lipinski definition) is 2. The van der Waals surface area contributed by atoms with Gasteiger partial charge in [-0.25, -0.2) is 0 Å². The average molecular weight is 435 g/mol. The smallest absolute Gasteiger partial charge is 0.249 e. The molecule has 142 valence electrons. The van der Waals surface area contributed by atoms with Crippen molar-refractivity contribution in [2.45, 2.75) is 31.8 Å². The van der Waals surface area contributed by atoms with Gasteiger partial charge in [-0.05, 0) is 41.3 Å². The van der Waals surface area contributed by atoms with E-state index in [2.05, 4.69) is 69.9 Å². The lowest BCUT2D eigenvalue weighted by Crippen LogP contribution is -2.49. The summed E-state index contributed by atoms with van der Waals surface area (Å²) in [6.07, 6.45) is 1.60. The maximum Gasteiger partial charge on any atom is 0.249 e. The van der Waals surface area contributed by atoms with Crippen LogP contribution in [-0.4, -0.2) is 5.91 Å². The van der Waals surface area contributed by atoms with Crippen LogP contribution < -0.4 is 10.6 Å². The second-order valence-electron chi connectivity index (χ2n) is 7.24. The Morgan fingerprint density at radius 3 is 2.36 bits per heavy atom. The number of benzene rings is 3. The van der Waals surface area contributed by atoms with Gasteiger partial charge < -0.3 is 5.32 Å². The Labute approximate surface area is 174 Å². The number of carbonyl (C=O) groups excluding carboxylic acids is 1. The number of halogens is 1. The van der Waals surface area contributed by atoms with E-state index in [1.807, 2.05) is 36.4 Å². The van der Waals surface area contributed by atoms with Gasteiger partial charge in [0, 0.05) is 28.7 Å². The van der Waals surface area contributed by atoms with Gasteiger partial charge in [-0.15, -0.1) is 0 Å². The van der Waals surface area contributed by atoms with Gasteiger partial charge in [-0.2, -0.15) is 0 Å². The minimum Gasteiger partial charge on any atom is -0.324 e. The van der Waals surface area contributed by atoms with Crippen molar-refractivity contribution >= 4 is 27.5 Å². The second kappa shape index (κ2) is 7.90. The summed E-state index contributed by atoms with van der Waals surface area (Å²) >= 11 is 3.57. The van der Waals surface area contributed by atoms with Crippen molar-refractivity contribution in [3.05, 3.63) is 99.5 Å². The number of nitrogens with one attached hydrogen (secondary N) is 2. The Morgan fingerprint density at radius 1 is 0.929 bits per heavy atom. The van der Waals surface area contributed by atoms with E-state index in [-0.39, 0.29) is 5.91 Å². The van der Waals surface area contributed by atoms with Crippen LogP contribution in [0.1, 0.15) is 29.2 Å². The van der Waals surface area contributed by atoms with Gasteiger partial charge in [0.1, 0.15) is 5.54 Å². The molecule has 0 bridgehead atoms. The quantitative estimate of drug-likeness (QED) is 0.560. The van der Waals surface area contributed by atoms with Crippen LogP contribution in [0.5, 0.6) is 0 Å². The summed E-state index contributed by atoms with van der Waals surface area (Å²) in [7, 11) is 0. The Bertz CT molecular complexity index is 985. The molecule has 0 fully saturated rings. The molecule has 4 heteroatoms. The van der Waals surface area contributed by atoms with Crippen molar-refractivity contribution in [2.24, 2.45) is 0 Å². The Balaban J connectivity index is 1.72. The fraction of sp³-hybridized carbons (Fsp3) is 0.208. The molecule has 1 aliphatic rings. The van der Waals surface area contributed by atoms with Crippen LogP contribution in [0, 0.1) is 0 Å². The summed E-state index contributed by atoms with van der Waals surface area (Å²) in [5, 5.41) is 6.66. The molecule has 3 nitrogen and oxygen atoms in total. The van der Waals surface area contributed by atoms with Gasteiger partial charge in [0.05, 0.1) is 0 Å². The lowest BCUT2D eigenvalue weighted by atomic mass is 9.84. The van der Waals surface area contributed by atoms with E-state index >= 15 is 0 Å². The summed E-state index contributed by atoms with van der Waals surface area (Å²) in [6.45, 7) is 2.77. The van der Waals surface area contributed by atoms with E-state index in [1.54, 1.807) is 0 Å². The second-order valence-corrected chi connectivity index (χ2v) is 8.15. The van der Waals surface area contributed by atoms with Crippen molar-refractivity contribution in [3.63, 3.8) is 0 Å². The molecular weight excluding hydrogens is 412 g/mol. The molecule has 0 saturated heterocycles. The van der Waals surface area contributed by atoms with Gasteiger partial charge in [0.15, 0.2) is 0 Å². The zero-order valence-corrected chi connectivity index (χ0v) is 17.4. The fourth-order valence-corrected chi connectivity index (χ4v) is 4.15. The molecule has 28 heavy (non-hydrogen) atoms.